The number of hydrogen-bond acceptors (Lipinski definition) is 5. The number of rotatable bonds is 5. The van der Waals surface area contributed by atoms with Gasteiger partial charge in [0.15, 0.2) is 0 Å². The van der Waals surface area contributed by atoms with Crippen LogP contribution in [0.1, 0.15) is 25.6 Å². The summed E-state index contributed by atoms with van der Waals surface area (Å²) in [5.41, 5.74) is 0.921. The smallest absolute Gasteiger partial charge is 0.252 e. The summed E-state index contributed by atoms with van der Waals surface area (Å²) in [6.07, 6.45) is 3.08. The van der Waals surface area contributed by atoms with Crippen molar-refractivity contribution in [2.45, 2.75) is 24.8 Å². The third-order valence-electron chi connectivity index (χ3n) is 3.07. The molecule has 0 N–H and O–H groups in total. The number of hydrogen-bond donors (Lipinski definition) is 0. The number of fused-ring (bicyclic) bond motifs is 1. The predicted molar refractivity (Wildman–Crippen MR) is 82.7 cm³/mol. The van der Waals surface area contributed by atoms with Crippen LogP contribution in [0.5, 0.6) is 5.75 Å². The van der Waals surface area contributed by atoms with E-state index in [-0.39, 0.29) is 6.10 Å². The monoisotopic (exact) mass is 300 g/mol. The van der Waals surface area contributed by atoms with Crippen molar-refractivity contribution in [1.82, 2.24) is 19.6 Å². The zero-order chi connectivity index (χ0) is 14.7. The molecular formula is C15H16N4OS. The summed E-state index contributed by atoms with van der Waals surface area (Å²) >= 11 is 1.82. The van der Waals surface area contributed by atoms with E-state index in [1.54, 1.807) is 10.7 Å². The van der Waals surface area contributed by atoms with Crippen LogP contribution in [0.2, 0.25) is 0 Å². The highest BCUT2D eigenvalue weighted by Gasteiger charge is 2.12. The topological polar surface area (TPSA) is 52.3 Å². The molecule has 0 aliphatic rings. The Bertz CT molecular complexity index is 726. The van der Waals surface area contributed by atoms with Gasteiger partial charge >= 0.3 is 0 Å². The lowest BCUT2D eigenvalue weighted by atomic mass is 10.2. The summed E-state index contributed by atoms with van der Waals surface area (Å²) < 4.78 is 7.69. The summed E-state index contributed by atoms with van der Waals surface area (Å²) in [5.74, 6) is 2.49. The molecule has 0 amide bonds. The molecule has 3 rings (SSSR count). The molecule has 108 valence electrons. The third-order valence-corrected chi connectivity index (χ3v) is 3.97. The van der Waals surface area contributed by atoms with Gasteiger partial charge < -0.3 is 4.74 Å². The highest BCUT2D eigenvalue weighted by Crippen LogP contribution is 2.25. The Morgan fingerprint density at radius 2 is 2.00 bits per heavy atom. The van der Waals surface area contributed by atoms with Gasteiger partial charge in [-0.2, -0.15) is 14.6 Å². The minimum Gasteiger partial charge on any atom is -0.484 e. The second kappa shape index (κ2) is 6.13. The largest absolute Gasteiger partial charge is 0.484 e. The molecule has 5 nitrogen and oxygen atoms in total. The molecule has 0 radical (unpaired) electrons. The number of thioether (sulfide) groups is 1. The Labute approximate surface area is 127 Å². The van der Waals surface area contributed by atoms with Gasteiger partial charge in [0.25, 0.3) is 5.78 Å². The van der Waals surface area contributed by atoms with E-state index >= 15 is 0 Å². The van der Waals surface area contributed by atoms with E-state index in [9.17, 15) is 0 Å². The predicted octanol–water partition coefficient (Wildman–Crippen LogP) is 3.38. The first-order valence-corrected chi connectivity index (χ1v) is 7.80. The standard InChI is InChI=1S/C15H16N4OS/c1-3-21-13-6-4-12(5-7-13)20-11(2)14-8-9-16-15-17-10-18-19(14)15/h4-11H,3H2,1-2H3. The molecule has 0 fully saturated rings. The van der Waals surface area contributed by atoms with Gasteiger partial charge in [-0.05, 0) is 43.0 Å². The normalized spacial score (nSPS) is 12.5. The zero-order valence-corrected chi connectivity index (χ0v) is 12.7. The maximum absolute atomic E-state index is 5.99. The highest BCUT2D eigenvalue weighted by atomic mass is 32.2. The van der Waals surface area contributed by atoms with Gasteiger partial charge in [0, 0.05) is 11.1 Å². The van der Waals surface area contributed by atoms with Crippen LogP contribution in [0.4, 0.5) is 0 Å². The fraction of sp³-hybridized carbons (Fsp3) is 0.267. The first-order valence-electron chi connectivity index (χ1n) is 6.82. The number of aromatic nitrogens is 4. The number of nitrogens with zero attached hydrogens (tertiary/aromatic N) is 4. The van der Waals surface area contributed by atoms with E-state index in [0.717, 1.165) is 17.2 Å². The van der Waals surface area contributed by atoms with Crippen LogP contribution >= 0.6 is 11.8 Å². The van der Waals surface area contributed by atoms with Crippen LogP contribution in [0.25, 0.3) is 5.78 Å². The average molecular weight is 300 g/mol. The Kier molecular flexibility index (Phi) is 4.06. The van der Waals surface area contributed by atoms with Gasteiger partial charge in [0.2, 0.25) is 0 Å². The molecule has 2 aromatic heterocycles. The van der Waals surface area contributed by atoms with Crippen molar-refractivity contribution in [2.75, 3.05) is 5.75 Å². The Hall–Kier alpha value is -2.08. The van der Waals surface area contributed by atoms with Gasteiger partial charge in [0.05, 0.1) is 5.69 Å². The third kappa shape index (κ3) is 3.00. The van der Waals surface area contributed by atoms with E-state index < -0.39 is 0 Å². The lowest BCUT2D eigenvalue weighted by Gasteiger charge is -2.15. The van der Waals surface area contributed by atoms with Crippen molar-refractivity contribution >= 4 is 17.5 Å². The Morgan fingerprint density at radius 1 is 1.19 bits per heavy atom. The van der Waals surface area contributed by atoms with Crippen molar-refractivity contribution in [3.8, 4) is 5.75 Å². The average Bonchev–Trinajstić information content (AvgIpc) is 2.98. The molecule has 0 saturated heterocycles. The van der Waals surface area contributed by atoms with E-state index in [1.165, 1.54) is 11.2 Å². The second-order valence-corrected chi connectivity index (χ2v) is 5.84. The van der Waals surface area contributed by atoms with Gasteiger partial charge in [-0.3, -0.25) is 0 Å². The fourth-order valence-electron chi connectivity index (χ4n) is 2.11. The molecule has 3 aromatic rings. The first-order chi connectivity index (χ1) is 10.3. The van der Waals surface area contributed by atoms with Gasteiger partial charge in [-0.15, -0.1) is 11.8 Å². The number of benzene rings is 1. The summed E-state index contributed by atoms with van der Waals surface area (Å²) in [7, 11) is 0. The maximum atomic E-state index is 5.99. The lowest BCUT2D eigenvalue weighted by Crippen LogP contribution is -2.09. The van der Waals surface area contributed by atoms with Crippen molar-refractivity contribution < 1.29 is 4.74 Å². The fourth-order valence-corrected chi connectivity index (χ4v) is 2.77. The van der Waals surface area contributed by atoms with Crippen LogP contribution in [-0.2, 0) is 0 Å². The first kappa shape index (κ1) is 13.9. The second-order valence-electron chi connectivity index (χ2n) is 4.51. The summed E-state index contributed by atoms with van der Waals surface area (Å²) in [4.78, 5) is 9.49. The summed E-state index contributed by atoms with van der Waals surface area (Å²) in [6.45, 7) is 4.13. The van der Waals surface area contributed by atoms with Gasteiger partial charge in [-0.25, -0.2) is 4.98 Å². The maximum Gasteiger partial charge on any atom is 0.252 e. The van der Waals surface area contributed by atoms with Gasteiger partial charge in [0.1, 0.15) is 18.2 Å². The molecule has 1 aromatic carbocycles. The van der Waals surface area contributed by atoms with Crippen LogP contribution < -0.4 is 4.74 Å². The van der Waals surface area contributed by atoms with E-state index in [0.29, 0.717) is 5.78 Å². The van der Waals surface area contributed by atoms with Crippen LogP contribution in [0, 0.1) is 0 Å². The zero-order valence-electron chi connectivity index (χ0n) is 11.9. The molecule has 0 saturated carbocycles. The molecule has 1 atom stereocenters. The SMILES string of the molecule is CCSc1ccc(OC(C)c2ccnc3ncnn23)cc1. The van der Waals surface area contributed by atoms with E-state index in [2.05, 4.69) is 34.1 Å². The number of ether oxygens (including phenoxy) is 1. The van der Waals surface area contributed by atoms with Gasteiger partial charge in [-0.1, -0.05) is 6.92 Å². The summed E-state index contributed by atoms with van der Waals surface area (Å²) in [5, 5.41) is 4.18. The quantitative estimate of drug-likeness (QED) is 0.676. The Morgan fingerprint density at radius 3 is 2.76 bits per heavy atom. The summed E-state index contributed by atoms with van der Waals surface area (Å²) in [6, 6.07) is 10.0. The van der Waals surface area contributed by atoms with Crippen molar-refractivity contribution in [3.05, 3.63) is 48.5 Å². The molecule has 0 spiro atoms. The molecule has 1 unspecified atom stereocenters. The molecule has 0 aliphatic carbocycles. The molecule has 2 heterocycles. The van der Waals surface area contributed by atoms with Crippen molar-refractivity contribution in [1.29, 1.82) is 0 Å². The minimum absolute atomic E-state index is 0.137. The van der Waals surface area contributed by atoms with E-state index in [4.69, 9.17) is 4.74 Å². The van der Waals surface area contributed by atoms with E-state index in [1.807, 2.05) is 36.9 Å². The molecular weight excluding hydrogens is 284 g/mol. The van der Waals surface area contributed by atoms with Crippen LogP contribution in [0.3, 0.4) is 0 Å². The van der Waals surface area contributed by atoms with Crippen molar-refractivity contribution in [3.63, 3.8) is 0 Å². The molecule has 0 aliphatic heterocycles. The van der Waals surface area contributed by atoms with Crippen LogP contribution in [-0.4, -0.2) is 25.3 Å². The minimum atomic E-state index is -0.137. The van der Waals surface area contributed by atoms with Crippen molar-refractivity contribution in [2.24, 2.45) is 0 Å². The molecule has 21 heavy (non-hydrogen) atoms. The highest BCUT2D eigenvalue weighted by molar-refractivity contribution is 7.99. The van der Waals surface area contributed by atoms with Crippen LogP contribution in [0.15, 0.2) is 47.8 Å². The molecule has 0 bridgehead atoms. The lowest BCUT2D eigenvalue weighted by molar-refractivity contribution is 0.218. The molecule has 6 heteroatoms. The Balaban J connectivity index is 1.79.